The molecular weight excluding hydrogens is 259 g/mol. The van der Waals surface area contributed by atoms with Crippen LogP contribution in [0.4, 0.5) is 4.39 Å². The summed E-state index contributed by atoms with van der Waals surface area (Å²) in [4.78, 5) is 12.8. The molecule has 0 N–H and O–H groups in total. The van der Waals surface area contributed by atoms with E-state index in [1.165, 1.54) is 17.8 Å². The molecule has 0 bridgehead atoms. The van der Waals surface area contributed by atoms with Crippen molar-refractivity contribution in [3.63, 3.8) is 0 Å². The minimum atomic E-state index is -0.231. The van der Waals surface area contributed by atoms with Gasteiger partial charge in [-0.25, -0.2) is 4.39 Å². The first kappa shape index (κ1) is 14.6. The van der Waals surface area contributed by atoms with Crippen LogP contribution < -0.4 is 0 Å². The topological polar surface area (TPSA) is 17.1 Å². The molecule has 1 aromatic carbocycles. The smallest absolute Gasteiger partial charge is 0.146 e. The molecule has 3 atom stereocenters. The first-order valence-electron chi connectivity index (χ1n) is 6.98. The van der Waals surface area contributed by atoms with Gasteiger partial charge in [0.15, 0.2) is 0 Å². The Hall–Kier alpha value is -0.830. The van der Waals surface area contributed by atoms with Crippen LogP contribution in [-0.2, 0) is 4.79 Å². The van der Waals surface area contributed by atoms with Gasteiger partial charge < -0.3 is 0 Å². The minimum absolute atomic E-state index is 0.186. The second-order valence-electron chi connectivity index (χ2n) is 5.65. The number of ketones is 1. The first-order valence-corrected chi connectivity index (χ1v) is 7.96. The molecule has 19 heavy (non-hydrogen) atoms. The summed E-state index contributed by atoms with van der Waals surface area (Å²) >= 11 is 1.33. The average Bonchev–Trinajstić information content (AvgIpc) is 2.40. The zero-order chi connectivity index (χ0) is 13.8. The average molecular weight is 280 g/mol. The lowest BCUT2D eigenvalue weighted by molar-refractivity contribution is -0.122. The van der Waals surface area contributed by atoms with E-state index < -0.39 is 0 Å². The second-order valence-corrected chi connectivity index (χ2v) is 6.67. The van der Waals surface area contributed by atoms with Crippen LogP contribution in [-0.4, -0.2) is 11.5 Å². The van der Waals surface area contributed by atoms with E-state index in [9.17, 15) is 9.18 Å². The normalized spacial score (nSPS) is 27.2. The van der Waals surface area contributed by atoms with E-state index in [2.05, 4.69) is 13.8 Å². The molecule has 2 rings (SSSR count). The highest BCUT2D eigenvalue weighted by molar-refractivity contribution is 8.00. The standard InChI is InChI=1S/C16H21FOS/c1-11-7-8-13(9-12(11)2)15(18)10-19-16-6-4-3-5-14(16)17/h3-6,11-13H,7-10H2,1-2H3. The van der Waals surface area contributed by atoms with E-state index in [0.717, 1.165) is 25.2 Å². The van der Waals surface area contributed by atoms with Crippen LogP contribution in [0.25, 0.3) is 0 Å². The van der Waals surface area contributed by atoms with Crippen LogP contribution in [0.2, 0.25) is 0 Å². The number of hydrogen-bond donors (Lipinski definition) is 0. The monoisotopic (exact) mass is 280 g/mol. The Kier molecular flexibility index (Phi) is 5.03. The molecule has 3 unspecified atom stereocenters. The third kappa shape index (κ3) is 3.82. The van der Waals surface area contributed by atoms with Gasteiger partial charge in [-0.2, -0.15) is 0 Å². The molecule has 0 spiro atoms. The van der Waals surface area contributed by atoms with E-state index in [0.29, 0.717) is 16.6 Å². The SMILES string of the molecule is CC1CCC(C(=O)CSc2ccccc2F)CC1C. The minimum Gasteiger partial charge on any atom is -0.298 e. The Morgan fingerprint density at radius 2 is 2.00 bits per heavy atom. The van der Waals surface area contributed by atoms with Crippen LogP contribution in [0.15, 0.2) is 29.2 Å². The van der Waals surface area contributed by atoms with Crippen molar-refractivity contribution >= 4 is 17.5 Å². The number of carbonyl (C=O) groups excluding carboxylic acids is 1. The number of carbonyl (C=O) groups is 1. The number of Topliss-reactive ketones (excluding diaryl/α,β-unsaturated/α-hetero) is 1. The van der Waals surface area contributed by atoms with Gasteiger partial charge in [0, 0.05) is 10.8 Å². The Morgan fingerprint density at radius 1 is 1.26 bits per heavy atom. The van der Waals surface area contributed by atoms with Gasteiger partial charge in [-0.15, -0.1) is 11.8 Å². The third-order valence-electron chi connectivity index (χ3n) is 4.26. The summed E-state index contributed by atoms with van der Waals surface area (Å²) < 4.78 is 13.5. The maximum absolute atomic E-state index is 13.5. The highest BCUT2D eigenvalue weighted by Gasteiger charge is 2.28. The highest BCUT2D eigenvalue weighted by atomic mass is 32.2. The number of halogens is 1. The fraction of sp³-hybridized carbons (Fsp3) is 0.562. The van der Waals surface area contributed by atoms with Crippen LogP contribution in [0.3, 0.4) is 0 Å². The van der Waals surface area contributed by atoms with Gasteiger partial charge in [-0.3, -0.25) is 4.79 Å². The summed E-state index contributed by atoms with van der Waals surface area (Å²) in [5, 5.41) is 0. The molecule has 1 aromatic rings. The quantitative estimate of drug-likeness (QED) is 0.752. The van der Waals surface area contributed by atoms with Gasteiger partial charge in [-0.1, -0.05) is 26.0 Å². The molecule has 1 fully saturated rings. The Morgan fingerprint density at radius 3 is 2.68 bits per heavy atom. The van der Waals surface area contributed by atoms with Gasteiger partial charge in [0.25, 0.3) is 0 Å². The van der Waals surface area contributed by atoms with Crippen molar-refractivity contribution in [2.45, 2.75) is 38.0 Å². The summed E-state index contributed by atoms with van der Waals surface area (Å²) in [7, 11) is 0. The predicted molar refractivity (Wildman–Crippen MR) is 77.8 cm³/mol. The maximum Gasteiger partial charge on any atom is 0.146 e. The lowest BCUT2D eigenvalue weighted by Crippen LogP contribution is -2.27. The van der Waals surface area contributed by atoms with Crippen molar-refractivity contribution in [2.24, 2.45) is 17.8 Å². The zero-order valence-electron chi connectivity index (χ0n) is 11.6. The second kappa shape index (κ2) is 6.56. The molecule has 0 saturated heterocycles. The van der Waals surface area contributed by atoms with Gasteiger partial charge in [-0.05, 0) is 43.2 Å². The highest BCUT2D eigenvalue weighted by Crippen LogP contribution is 2.34. The van der Waals surface area contributed by atoms with Crippen molar-refractivity contribution < 1.29 is 9.18 Å². The fourth-order valence-corrected chi connectivity index (χ4v) is 3.58. The van der Waals surface area contributed by atoms with Crippen molar-refractivity contribution in [1.29, 1.82) is 0 Å². The van der Waals surface area contributed by atoms with Gasteiger partial charge in [0.2, 0.25) is 0 Å². The fourth-order valence-electron chi connectivity index (χ4n) is 2.67. The lowest BCUT2D eigenvalue weighted by atomic mass is 9.74. The molecule has 0 heterocycles. The molecule has 1 nitrogen and oxygen atoms in total. The number of rotatable bonds is 4. The molecule has 1 saturated carbocycles. The van der Waals surface area contributed by atoms with Crippen molar-refractivity contribution in [3.05, 3.63) is 30.1 Å². The predicted octanol–water partition coefficient (Wildman–Crippen LogP) is 4.56. The van der Waals surface area contributed by atoms with Gasteiger partial charge in [0.05, 0.1) is 5.75 Å². The molecule has 0 amide bonds. The lowest BCUT2D eigenvalue weighted by Gasteiger charge is -2.31. The number of benzene rings is 1. The van der Waals surface area contributed by atoms with Gasteiger partial charge in [0.1, 0.15) is 11.6 Å². The van der Waals surface area contributed by atoms with Crippen LogP contribution in [0.1, 0.15) is 33.1 Å². The van der Waals surface area contributed by atoms with Crippen LogP contribution in [0, 0.1) is 23.6 Å². The van der Waals surface area contributed by atoms with Crippen LogP contribution in [0.5, 0.6) is 0 Å². The summed E-state index contributed by atoms with van der Waals surface area (Å²) in [6, 6.07) is 6.65. The summed E-state index contributed by atoms with van der Waals surface area (Å²) in [5.74, 6) is 1.99. The largest absolute Gasteiger partial charge is 0.298 e. The van der Waals surface area contributed by atoms with E-state index >= 15 is 0 Å². The van der Waals surface area contributed by atoms with Crippen molar-refractivity contribution in [2.75, 3.05) is 5.75 Å². The molecule has 0 radical (unpaired) electrons. The summed E-state index contributed by atoms with van der Waals surface area (Å²) in [6.45, 7) is 4.49. The van der Waals surface area contributed by atoms with E-state index in [1.807, 2.05) is 0 Å². The molecule has 0 aromatic heterocycles. The summed E-state index contributed by atoms with van der Waals surface area (Å²) in [6.07, 6.45) is 3.14. The first-order chi connectivity index (χ1) is 9.08. The van der Waals surface area contributed by atoms with Gasteiger partial charge >= 0.3 is 0 Å². The molecule has 1 aliphatic carbocycles. The van der Waals surface area contributed by atoms with E-state index in [-0.39, 0.29) is 17.5 Å². The molecule has 1 aliphatic rings. The molecular formula is C16H21FOS. The van der Waals surface area contributed by atoms with E-state index in [4.69, 9.17) is 0 Å². The Labute approximate surface area is 119 Å². The number of thioether (sulfide) groups is 1. The molecule has 0 aliphatic heterocycles. The number of hydrogen-bond acceptors (Lipinski definition) is 2. The third-order valence-corrected chi connectivity index (χ3v) is 5.33. The van der Waals surface area contributed by atoms with E-state index in [1.54, 1.807) is 18.2 Å². The van der Waals surface area contributed by atoms with Crippen molar-refractivity contribution in [1.82, 2.24) is 0 Å². The maximum atomic E-state index is 13.5. The van der Waals surface area contributed by atoms with Crippen molar-refractivity contribution in [3.8, 4) is 0 Å². The Balaban J connectivity index is 1.87. The zero-order valence-corrected chi connectivity index (χ0v) is 12.4. The Bertz CT molecular complexity index is 446. The molecule has 3 heteroatoms. The molecule has 104 valence electrons. The summed E-state index contributed by atoms with van der Waals surface area (Å²) in [5.41, 5.74) is 0. The van der Waals surface area contributed by atoms with Crippen LogP contribution >= 0.6 is 11.8 Å².